The Labute approximate surface area is 126 Å². The van der Waals surface area contributed by atoms with Gasteiger partial charge in [0.2, 0.25) is 0 Å². The number of nitrogens with zero attached hydrogens (tertiary/aromatic N) is 4. The number of hydrogen-bond acceptors (Lipinski definition) is 4. The van der Waals surface area contributed by atoms with Crippen LogP contribution < -0.4 is 0 Å². The van der Waals surface area contributed by atoms with Crippen molar-refractivity contribution in [3.05, 3.63) is 53.9 Å². The summed E-state index contributed by atoms with van der Waals surface area (Å²) < 4.78 is 0. The van der Waals surface area contributed by atoms with Gasteiger partial charge in [-0.1, -0.05) is 0 Å². The van der Waals surface area contributed by atoms with Gasteiger partial charge in [-0.2, -0.15) is 0 Å². The summed E-state index contributed by atoms with van der Waals surface area (Å²) in [5.74, 6) is 1.66. The predicted octanol–water partition coefficient (Wildman–Crippen LogP) is 2.63. The van der Waals surface area contributed by atoms with Crippen LogP contribution in [0.25, 0.3) is 0 Å². The van der Waals surface area contributed by atoms with E-state index in [1.807, 2.05) is 31.6 Å². The molecule has 0 bridgehead atoms. The lowest BCUT2D eigenvalue weighted by atomic mass is 9.90. The Kier molecular flexibility index (Phi) is 4.55. The minimum absolute atomic E-state index is 0.802. The Balaban J connectivity index is 1.49. The van der Waals surface area contributed by atoms with Crippen LogP contribution in [0.3, 0.4) is 0 Å². The molecule has 0 unspecified atom stereocenters. The molecule has 0 aromatic carbocycles. The highest BCUT2D eigenvalue weighted by atomic mass is 15.1. The lowest BCUT2D eigenvalue weighted by molar-refractivity contribution is 0.175. The Morgan fingerprint density at radius 3 is 2.57 bits per heavy atom. The van der Waals surface area contributed by atoms with Crippen molar-refractivity contribution in [1.29, 1.82) is 0 Å². The van der Waals surface area contributed by atoms with Crippen molar-refractivity contribution in [2.45, 2.75) is 32.7 Å². The number of hydrogen-bond donors (Lipinski definition) is 0. The van der Waals surface area contributed by atoms with Crippen LogP contribution in [0, 0.1) is 12.8 Å². The summed E-state index contributed by atoms with van der Waals surface area (Å²) in [7, 11) is 0. The number of rotatable bonds is 4. The minimum atomic E-state index is 0.802. The molecule has 21 heavy (non-hydrogen) atoms. The average molecular weight is 282 g/mol. The fourth-order valence-corrected chi connectivity index (χ4v) is 3.02. The third-order valence-corrected chi connectivity index (χ3v) is 4.20. The van der Waals surface area contributed by atoms with E-state index < -0.39 is 0 Å². The molecule has 3 heterocycles. The van der Waals surface area contributed by atoms with Crippen molar-refractivity contribution in [2.75, 3.05) is 13.1 Å². The quantitative estimate of drug-likeness (QED) is 0.864. The molecule has 3 rings (SSSR count). The smallest absolute Gasteiger partial charge is 0.125 e. The molecule has 0 spiro atoms. The van der Waals surface area contributed by atoms with Gasteiger partial charge in [-0.3, -0.25) is 9.88 Å². The van der Waals surface area contributed by atoms with Crippen molar-refractivity contribution >= 4 is 0 Å². The lowest BCUT2D eigenvalue weighted by Crippen LogP contribution is -2.34. The molecule has 2 aromatic heterocycles. The van der Waals surface area contributed by atoms with E-state index in [2.05, 4.69) is 32.0 Å². The monoisotopic (exact) mass is 282 g/mol. The molecule has 0 N–H and O–H groups in total. The summed E-state index contributed by atoms with van der Waals surface area (Å²) in [5, 5.41) is 0. The molecule has 1 saturated heterocycles. The van der Waals surface area contributed by atoms with Crippen LogP contribution in [0.2, 0.25) is 0 Å². The second kappa shape index (κ2) is 6.76. The maximum absolute atomic E-state index is 4.49. The van der Waals surface area contributed by atoms with Crippen molar-refractivity contribution in [3.8, 4) is 0 Å². The molecule has 4 nitrogen and oxygen atoms in total. The molecule has 110 valence electrons. The van der Waals surface area contributed by atoms with E-state index in [0.29, 0.717) is 0 Å². The maximum Gasteiger partial charge on any atom is 0.125 e. The van der Waals surface area contributed by atoms with E-state index in [4.69, 9.17) is 0 Å². The summed E-state index contributed by atoms with van der Waals surface area (Å²) in [6, 6.07) is 6.29. The second-order valence-corrected chi connectivity index (χ2v) is 5.87. The Bertz CT molecular complexity index is 562. The molecule has 0 saturated carbocycles. The first kappa shape index (κ1) is 14.1. The Morgan fingerprint density at radius 2 is 1.86 bits per heavy atom. The largest absolute Gasteiger partial charge is 0.297 e. The molecule has 0 atom stereocenters. The van der Waals surface area contributed by atoms with Gasteiger partial charge >= 0.3 is 0 Å². The van der Waals surface area contributed by atoms with Gasteiger partial charge in [-0.05, 0) is 69.0 Å². The zero-order valence-electron chi connectivity index (χ0n) is 12.6. The molecular formula is C17H22N4. The van der Waals surface area contributed by atoms with Gasteiger partial charge in [0.15, 0.2) is 0 Å². The maximum atomic E-state index is 4.49. The molecule has 0 amide bonds. The fourth-order valence-electron chi connectivity index (χ4n) is 3.02. The van der Waals surface area contributed by atoms with Gasteiger partial charge in [-0.15, -0.1) is 0 Å². The van der Waals surface area contributed by atoms with Crippen LogP contribution in [-0.4, -0.2) is 32.9 Å². The number of piperidine rings is 1. The van der Waals surface area contributed by atoms with E-state index in [0.717, 1.165) is 24.0 Å². The third-order valence-electron chi connectivity index (χ3n) is 4.20. The minimum Gasteiger partial charge on any atom is -0.297 e. The van der Waals surface area contributed by atoms with E-state index in [1.54, 1.807) is 0 Å². The summed E-state index contributed by atoms with van der Waals surface area (Å²) in [6.07, 6.45) is 9.36. The second-order valence-electron chi connectivity index (χ2n) is 5.87. The zero-order valence-corrected chi connectivity index (χ0v) is 12.6. The number of pyridine rings is 1. The van der Waals surface area contributed by atoms with Crippen LogP contribution in [-0.2, 0) is 13.0 Å². The molecular weight excluding hydrogens is 260 g/mol. The van der Waals surface area contributed by atoms with Gasteiger partial charge in [0.05, 0.1) is 5.69 Å². The average Bonchev–Trinajstić information content (AvgIpc) is 2.50. The van der Waals surface area contributed by atoms with Crippen LogP contribution in [0.4, 0.5) is 0 Å². The SMILES string of the molecule is Cc1nccc(CN2CCC(Cc3ccncc3)CC2)n1. The van der Waals surface area contributed by atoms with E-state index >= 15 is 0 Å². The highest BCUT2D eigenvalue weighted by Gasteiger charge is 2.19. The zero-order chi connectivity index (χ0) is 14.5. The van der Waals surface area contributed by atoms with Crippen molar-refractivity contribution < 1.29 is 0 Å². The number of aromatic nitrogens is 3. The van der Waals surface area contributed by atoms with Crippen molar-refractivity contribution in [2.24, 2.45) is 5.92 Å². The van der Waals surface area contributed by atoms with Crippen molar-refractivity contribution in [1.82, 2.24) is 19.9 Å². The third kappa shape index (κ3) is 4.08. The summed E-state index contributed by atoms with van der Waals surface area (Å²) in [6.45, 7) is 5.23. The molecule has 1 fully saturated rings. The summed E-state index contributed by atoms with van der Waals surface area (Å²) in [4.78, 5) is 15.2. The highest BCUT2D eigenvalue weighted by molar-refractivity contribution is 5.10. The number of aryl methyl sites for hydroxylation is 1. The fraction of sp³-hybridized carbons (Fsp3) is 0.471. The topological polar surface area (TPSA) is 41.9 Å². The van der Waals surface area contributed by atoms with E-state index in [9.17, 15) is 0 Å². The van der Waals surface area contributed by atoms with Crippen LogP contribution in [0.5, 0.6) is 0 Å². The first-order valence-electron chi connectivity index (χ1n) is 7.69. The molecule has 0 aliphatic carbocycles. The summed E-state index contributed by atoms with van der Waals surface area (Å²) >= 11 is 0. The lowest BCUT2D eigenvalue weighted by Gasteiger charge is -2.31. The Hall–Kier alpha value is -1.81. The van der Waals surface area contributed by atoms with Gasteiger partial charge in [-0.25, -0.2) is 9.97 Å². The summed E-state index contributed by atoms with van der Waals surface area (Å²) in [5.41, 5.74) is 2.55. The Morgan fingerprint density at radius 1 is 1.10 bits per heavy atom. The van der Waals surface area contributed by atoms with Gasteiger partial charge in [0.25, 0.3) is 0 Å². The predicted molar refractivity (Wildman–Crippen MR) is 82.7 cm³/mol. The number of likely N-dealkylation sites (tertiary alicyclic amines) is 1. The van der Waals surface area contributed by atoms with Crippen LogP contribution in [0.15, 0.2) is 36.8 Å². The standard InChI is InChI=1S/C17H22N4/c1-14-19-9-4-17(20-14)13-21-10-5-16(6-11-21)12-15-2-7-18-8-3-15/h2-4,7-9,16H,5-6,10-13H2,1H3. The normalized spacial score (nSPS) is 17.0. The molecule has 0 radical (unpaired) electrons. The van der Waals surface area contributed by atoms with E-state index in [-0.39, 0.29) is 0 Å². The highest BCUT2D eigenvalue weighted by Crippen LogP contribution is 2.22. The first-order chi connectivity index (χ1) is 10.3. The van der Waals surface area contributed by atoms with Crippen LogP contribution >= 0.6 is 0 Å². The molecule has 2 aromatic rings. The van der Waals surface area contributed by atoms with E-state index in [1.165, 1.54) is 37.9 Å². The first-order valence-corrected chi connectivity index (χ1v) is 7.69. The van der Waals surface area contributed by atoms with Crippen molar-refractivity contribution in [3.63, 3.8) is 0 Å². The van der Waals surface area contributed by atoms with Gasteiger partial charge in [0.1, 0.15) is 5.82 Å². The molecule has 1 aliphatic heterocycles. The molecule has 4 heteroatoms. The van der Waals surface area contributed by atoms with Gasteiger partial charge in [0, 0.05) is 25.1 Å². The molecule has 1 aliphatic rings. The van der Waals surface area contributed by atoms with Crippen LogP contribution in [0.1, 0.15) is 29.9 Å². The van der Waals surface area contributed by atoms with Gasteiger partial charge < -0.3 is 0 Å².